The minimum atomic E-state index is -1.73. The highest BCUT2D eigenvalue weighted by Crippen LogP contribution is 2.24. The Hall–Kier alpha value is -4.69. The molecular formula is C33H44FN7O7. The van der Waals surface area contributed by atoms with Crippen LogP contribution in [0.25, 0.3) is 5.69 Å². The molecular weight excluding hydrogens is 625 g/mol. The van der Waals surface area contributed by atoms with Crippen molar-refractivity contribution in [3.63, 3.8) is 0 Å². The molecule has 5 amide bonds. The zero-order valence-electron chi connectivity index (χ0n) is 27.4. The van der Waals surface area contributed by atoms with Crippen LogP contribution in [0.15, 0.2) is 36.4 Å². The third-order valence-electron chi connectivity index (χ3n) is 8.87. The summed E-state index contributed by atoms with van der Waals surface area (Å²) in [6.07, 6.45) is 2.75. The highest BCUT2D eigenvalue weighted by Gasteiger charge is 2.37. The monoisotopic (exact) mass is 669 g/mol. The number of nitrogens with one attached hydrogen (secondary N) is 2. The van der Waals surface area contributed by atoms with Crippen LogP contribution in [-0.4, -0.2) is 124 Å². The Balaban J connectivity index is 1.24. The summed E-state index contributed by atoms with van der Waals surface area (Å²) in [5.41, 5.74) is 0.391. The van der Waals surface area contributed by atoms with Gasteiger partial charge in [0.2, 0.25) is 17.7 Å². The largest absolute Gasteiger partial charge is 0.467 e. The third-order valence-corrected chi connectivity index (χ3v) is 8.87. The number of likely N-dealkylation sites (tertiary alicyclic amines) is 1. The molecule has 3 aliphatic rings. The van der Waals surface area contributed by atoms with Gasteiger partial charge in [-0.05, 0) is 57.6 Å². The minimum Gasteiger partial charge on any atom is -0.467 e. The number of para-hydroxylation sites is 1. The van der Waals surface area contributed by atoms with E-state index in [2.05, 4.69) is 15.7 Å². The maximum atomic E-state index is 14.8. The summed E-state index contributed by atoms with van der Waals surface area (Å²) in [5, 5.41) is 9.87. The lowest BCUT2D eigenvalue weighted by molar-refractivity contribution is -0.140. The number of hydrogen-bond acceptors (Lipinski definition) is 8. The molecule has 1 aromatic carbocycles. The van der Waals surface area contributed by atoms with Crippen molar-refractivity contribution in [2.45, 2.75) is 76.7 Å². The van der Waals surface area contributed by atoms with Crippen molar-refractivity contribution < 1.29 is 37.8 Å². The topological polar surface area (TPSA) is 155 Å². The number of ether oxygens (including phenoxy) is 2. The van der Waals surface area contributed by atoms with Crippen molar-refractivity contribution in [2.75, 3.05) is 45.9 Å². The number of carbonyl (C=O) groups excluding carboxylic acids is 5. The molecule has 3 unspecified atom stereocenters. The maximum Gasteiger partial charge on any atom is 0.409 e. The fourth-order valence-corrected chi connectivity index (χ4v) is 5.91. The van der Waals surface area contributed by atoms with Gasteiger partial charge in [-0.15, -0.1) is 0 Å². The molecule has 5 rings (SSSR count). The number of hydrogen-bond donors (Lipinski definition) is 2. The molecule has 3 heterocycles. The van der Waals surface area contributed by atoms with Gasteiger partial charge in [-0.1, -0.05) is 25.1 Å². The van der Waals surface area contributed by atoms with E-state index >= 15 is 0 Å². The first-order valence-electron chi connectivity index (χ1n) is 16.7. The fourth-order valence-electron chi connectivity index (χ4n) is 5.91. The van der Waals surface area contributed by atoms with E-state index < -0.39 is 42.8 Å². The number of halogens is 1. The Morgan fingerprint density at radius 3 is 2.33 bits per heavy atom. The van der Waals surface area contributed by atoms with Crippen molar-refractivity contribution in [1.82, 2.24) is 35.1 Å². The zero-order valence-corrected chi connectivity index (χ0v) is 27.4. The number of amides is 5. The lowest BCUT2D eigenvalue weighted by Crippen LogP contribution is -2.58. The van der Waals surface area contributed by atoms with E-state index in [-0.39, 0.29) is 55.6 Å². The molecule has 1 aliphatic carbocycles. The molecule has 48 heavy (non-hydrogen) atoms. The lowest BCUT2D eigenvalue weighted by atomic mass is 9.93. The van der Waals surface area contributed by atoms with Crippen molar-refractivity contribution in [3.8, 4) is 11.6 Å². The first-order chi connectivity index (χ1) is 23.2. The number of carbonyl (C=O) groups is 5. The molecule has 2 N–H and O–H groups in total. The molecule has 1 saturated carbocycles. The Bertz CT molecular complexity index is 1460. The third kappa shape index (κ3) is 8.23. The highest BCUT2D eigenvalue weighted by molar-refractivity contribution is 5.97. The number of benzene rings is 1. The van der Waals surface area contributed by atoms with E-state index in [9.17, 15) is 28.4 Å². The summed E-state index contributed by atoms with van der Waals surface area (Å²) in [6.45, 7) is 4.18. The van der Waals surface area contributed by atoms with Gasteiger partial charge in [-0.25, -0.2) is 13.9 Å². The second-order valence-corrected chi connectivity index (χ2v) is 12.3. The lowest BCUT2D eigenvalue weighted by Gasteiger charge is -2.36. The van der Waals surface area contributed by atoms with Gasteiger partial charge < -0.3 is 34.8 Å². The molecule has 260 valence electrons. The predicted octanol–water partition coefficient (Wildman–Crippen LogP) is 2.06. The second-order valence-electron chi connectivity index (χ2n) is 12.3. The number of aromatic nitrogens is 2. The molecule has 14 nitrogen and oxygen atoms in total. The number of rotatable bonds is 12. The molecule has 2 aromatic rings. The first-order valence-corrected chi connectivity index (χ1v) is 16.7. The van der Waals surface area contributed by atoms with Gasteiger partial charge in [-0.3, -0.25) is 19.2 Å². The Morgan fingerprint density at radius 2 is 1.69 bits per heavy atom. The van der Waals surface area contributed by atoms with E-state index in [1.165, 1.54) is 32.4 Å². The summed E-state index contributed by atoms with van der Waals surface area (Å²) in [7, 11) is 0. The second kappa shape index (κ2) is 15.9. The van der Waals surface area contributed by atoms with Gasteiger partial charge in [0.1, 0.15) is 18.3 Å². The van der Waals surface area contributed by atoms with Gasteiger partial charge in [0, 0.05) is 44.8 Å². The van der Waals surface area contributed by atoms with Gasteiger partial charge in [-0.2, -0.15) is 5.10 Å². The van der Waals surface area contributed by atoms with Crippen molar-refractivity contribution in [3.05, 3.63) is 42.1 Å². The normalized spacial score (nSPS) is 19.2. The quantitative estimate of drug-likeness (QED) is 0.348. The molecule has 3 atom stereocenters. The Labute approximate surface area is 278 Å². The van der Waals surface area contributed by atoms with E-state index in [4.69, 9.17) is 9.47 Å². The predicted molar refractivity (Wildman–Crippen MR) is 171 cm³/mol. The average molecular weight is 670 g/mol. The van der Waals surface area contributed by atoms with Crippen LogP contribution < -0.4 is 15.4 Å². The molecule has 2 aliphatic heterocycles. The van der Waals surface area contributed by atoms with Gasteiger partial charge >= 0.3 is 6.09 Å². The number of nitrogens with zero attached hydrogens (tertiary/aromatic N) is 5. The maximum absolute atomic E-state index is 14.8. The summed E-state index contributed by atoms with van der Waals surface area (Å²) < 4.78 is 27.2. The fraction of sp³-hybridized carbons (Fsp3) is 0.576. The average Bonchev–Trinajstić information content (AvgIpc) is 3.75. The van der Waals surface area contributed by atoms with Crippen LogP contribution in [0, 0.1) is 0 Å². The van der Waals surface area contributed by atoms with Crippen LogP contribution in [0.5, 0.6) is 5.88 Å². The van der Waals surface area contributed by atoms with Gasteiger partial charge in [0.05, 0.1) is 12.3 Å². The van der Waals surface area contributed by atoms with Crippen LogP contribution in [-0.2, 0) is 19.1 Å². The SMILES string of the molecule is CCCOC(=O)N1CCN(C(=O)C(NC(=O)c2cc(OCC(=O)N3CCCC3C(=O)NC3CCC3)n(-c3ccccc3)n2)C(C)F)CC1. The molecule has 3 fully saturated rings. The van der Waals surface area contributed by atoms with E-state index in [0.29, 0.717) is 38.1 Å². The van der Waals surface area contributed by atoms with Gasteiger partial charge in [0.25, 0.3) is 11.8 Å². The Kier molecular flexibility index (Phi) is 11.5. The molecule has 1 aromatic heterocycles. The summed E-state index contributed by atoms with van der Waals surface area (Å²) in [4.78, 5) is 69.4. The molecule has 0 spiro atoms. The van der Waals surface area contributed by atoms with Crippen LogP contribution in [0.1, 0.15) is 62.9 Å². The van der Waals surface area contributed by atoms with Gasteiger partial charge in [0.15, 0.2) is 12.3 Å². The van der Waals surface area contributed by atoms with Crippen molar-refractivity contribution >= 4 is 29.7 Å². The number of alkyl halides is 1. The highest BCUT2D eigenvalue weighted by atomic mass is 19.1. The number of piperazine rings is 1. The summed E-state index contributed by atoms with van der Waals surface area (Å²) >= 11 is 0. The smallest absolute Gasteiger partial charge is 0.409 e. The summed E-state index contributed by atoms with van der Waals surface area (Å²) in [6, 6.07) is 8.24. The van der Waals surface area contributed by atoms with Crippen molar-refractivity contribution in [2.24, 2.45) is 0 Å². The Morgan fingerprint density at radius 1 is 0.979 bits per heavy atom. The molecule has 0 bridgehead atoms. The van der Waals surface area contributed by atoms with Crippen LogP contribution in [0.2, 0.25) is 0 Å². The molecule has 2 saturated heterocycles. The van der Waals surface area contributed by atoms with E-state index in [0.717, 1.165) is 19.3 Å². The van der Waals surface area contributed by atoms with Crippen LogP contribution >= 0.6 is 0 Å². The molecule has 0 radical (unpaired) electrons. The van der Waals surface area contributed by atoms with E-state index in [1.54, 1.807) is 30.3 Å². The molecule has 15 heteroatoms. The minimum absolute atomic E-state index is 0.0802. The van der Waals surface area contributed by atoms with Crippen molar-refractivity contribution in [1.29, 1.82) is 0 Å². The van der Waals surface area contributed by atoms with E-state index in [1.807, 2.05) is 6.92 Å². The van der Waals surface area contributed by atoms with Crippen LogP contribution in [0.4, 0.5) is 9.18 Å². The first kappa shape index (κ1) is 34.6. The zero-order chi connectivity index (χ0) is 34.2. The van der Waals surface area contributed by atoms with Crippen LogP contribution in [0.3, 0.4) is 0 Å². The summed E-state index contributed by atoms with van der Waals surface area (Å²) in [5.74, 6) is -1.87. The standard InChI is InChI=1S/C33H44FN7O7/c1-3-19-47-33(46)39-17-15-38(16-18-39)32(45)29(22(2)34)36-30(43)25-20-28(41(37-25)24-11-5-4-6-12-24)48-21-27(42)40-14-8-13-26(40)31(44)35-23-9-7-10-23/h4-6,11-12,20,22-23,26,29H,3,7-10,13-19,21H2,1-2H3,(H,35,44)(H,36,43).